The van der Waals surface area contributed by atoms with Crippen LogP contribution in [0.2, 0.25) is 0 Å². The minimum Gasteiger partial charge on any atom is -0.477 e. The van der Waals surface area contributed by atoms with Crippen molar-refractivity contribution in [1.82, 2.24) is 9.80 Å². The molecule has 1 aliphatic rings. The molecule has 1 aliphatic heterocycles. The van der Waals surface area contributed by atoms with Crippen molar-refractivity contribution in [3.05, 3.63) is 21.9 Å². The molecule has 0 spiro atoms. The quantitative estimate of drug-likeness (QED) is 0.887. The van der Waals surface area contributed by atoms with E-state index in [1.54, 1.807) is 25.8 Å². The standard InChI is InChI=1S/C13H16N2O4S/c1-13(2)12(19)14(3)6-7-15(13)10(16)8-4-5-9(20-8)11(17)18/h4-5H,6-7H2,1-3H3,(H,17,18). The van der Waals surface area contributed by atoms with E-state index in [0.29, 0.717) is 18.0 Å². The van der Waals surface area contributed by atoms with E-state index in [2.05, 4.69) is 0 Å². The molecular weight excluding hydrogens is 280 g/mol. The van der Waals surface area contributed by atoms with Crippen LogP contribution in [0.1, 0.15) is 33.2 Å². The summed E-state index contributed by atoms with van der Waals surface area (Å²) in [4.78, 5) is 39.0. The number of carboxylic acid groups (broad SMARTS) is 1. The van der Waals surface area contributed by atoms with Gasteiger partial charge >= 0.3 is 5.97 Å². The van der Waals surface area contributed by atoms with Gasteiger partial charge in [-0.1, -0.05) is 0 Å². The molecular formula is C13H16N2O4S. The van der Waals surface area contributed by atoms with Crippen LogP contribution in [0.3, 0.4) is 0 Å². The summed E-state index contributed by atoms with van der Waals surface area (Å²) in [6.07, 6.45) is 0. The topological polar surface area (TPSA) is 77.9 Å². The minimum atomic E-state index is -1.05. The van der Waals surface area contributed by atoms with Gasteiger partial charge in [0.05, 0.1) is 4.88 Å². The van der Waals surface area contributed by atoms with E-state index in [-0.39, 0.29) is 16.7 Å². The molecule has 0 aromatic carbocycles. The highest BCUT2D eigenvalue weighted by Crippen LogP contribution is 2.26. The Morgan fingerprint density at radius 1 is 1.25 bits per heavy atom. The molecule has 1 aromatic heterocycles. The van der Waals surface area contributed by atoms with E-state index in [0.717, 1.165) is 11.3 Å². The van der Waals surface area contributed by atoms with Crippen LogP contribution in [0, 0.1) is 0 Å². The van der Waals surface area contributed by atoms with Crippen LogP contribution in [0.25, 0.3) is 0 Å². The van der Waals surface area contributed by atoms with Crippen molar-refractivity contribution in [2.24, 2.45) is 0 Å². The second-order valence-electron chi connectivity index (χ2n) is 5.21. The second kappa shape index (κ2) is 4.90. The molecule has 0 saturated carbocycles. The van der Waals surface area contributed by atoms with Gasteiger partial charge in [0, 0.05) is 20.1 Å². The zero-order valence-electron chi connectivity index (χ0n) is 11.5. The molecule has 1 fully saturated rings. The van der Waals surface area contributed by atoms with Crippen molar-refractivity contribution in [2.75, 3.05) is 20.1 Å². The number of nitrogens with zero attached hydrogens (tertiary/aromatic N) is 2. The Morgan fingerprint density at radius 2 is 1.85 bits per heavy atom. The molecule has 0 radical (unpaired) electrons. The number of thiophene rings is 1. The third-order valence-corrected chi connectivity index (χ3v) is 4.54. The van der Waals surface area contributed by atoms with Crippen LogP contribution >= 0.6 is 11.3 Å². The van der Waals surface area contributed by atoms with E-state index < -0.39 is 11.5 Å². The molecule has 1 saturated heterocycles. The van der Waals surface area contributed by atoms with E-state index in [9.17, 15) is 14.4 Å². The lowest BCUT2D eigenvalue weighted by Crippen LogP contribution is -2.63. The first-order valence-corrected chi connectivity index (χ1v) is 6.97. The highest BCUT2D eigenvalue weighted by atomic mass is 32.1. The SMILES string of the molecule is CN1CCN(C(=O)c2ccc(C(=O)O)s2)C(C)(C)C1=O. The van der Waals surface area contributed by atoms with Gasteiger partial charge in [0.15, 0.2) is 0 Å². The summed E-state index contributed by atoms with van der Waals surface area (Å²) in [7, 11) is 1.71. The fourth-order valence-corrected chi connectivity index (χ4v) is 3.06. The summed E-state index contributed by atoms with van der Waals surface area (Å²) >= 11 is 0.930. The zero-order valence-corrected chi connectivity index (χ0v) is 12.4. The second-order valence-corrected chi connectivity index (χ2v) is 6.30. The van der Waals surface area contributed by atoms with Crippen LogP contribution < -0.4 is 0 Å². The van der Waals surface area contributed by atoms with Crippen molar-refractivity contribution in [1.29, 1.82) is 0 Å². The highest BCUT2D eigenvalue weighted by molar-refractivity contribution is 7.15. The first kappa shape index (κ1) is 14.5. The third-order valence-electron chi connectivity index (χ3n) is 3.48. The Labute approximate surface area is 120 Å². The van der Waals surface area contributed by atoms with Crippen molar-refractivity contribution in [2.45, 2.75) is 19.4 Å². The number of piperazine rings is 1. The van der Waals surface area contributed by atoms with Crippen LogP contribution in [-0.2, 0) is 4.79 Å². The normalized spacial score (nSPS) is 18.2. The van der Waals surface area contributed by atoms with Crippen molar-refractivity contribution >= 4 is 29.1 Å². The number of likely N-dealkylation sites (N-methyl/N-ethyl adjacent to an activating group) is 1. The van der Waals surface area contributed by atoms with E-state index >= 15 is 0 Å². The maximum absolute atomic E-state index is 12.5. The van der Waals surface area contributed by atoms with Crippen LogP contribution in [0.5, 0.6) is 0 Å². The smallest absolute Gasteiger partial charge is 0.345 e. The van der Waals surface area contributed by atoms with Crippen molar-refractivity contribution < 1.29 is 19.5 Å². The number of amides is 2. The Balaban J connectivity index is 2.28. The first-order valence-electron chi connectivity index (χ1n) is 6.16. The lowest BCUT2D eigenvalue weighted by Gasteiger charge is -2.44. The lowest BCUT2D eigenvalue weighted by atomic mass is 9.97. The number of carbonyl (C=O) groups is 3. The van der Waals surface area contributed by atoms with Gasteiger partial charge in [-0.3, -0.25) is 9.59 Å². The van der Waals surface area contributed by atoms with Gasteiger partial charge in [-0.15, -0.1) is 11.3 Å². The predicted molar refractivity (Wildman–Crippen MR) is 74.0 cm³/mol. The Hall–Kier alpha value is -1.89. The monoisotopic (exact) mass is 296 g/mol. The predicted octanol–water partition coefficient (Wildman–Crippen LogP) is 1.14. The minimum absolute atomic E-state index is 0.117. The average Bonchev–Trinajstić information content (AvgIpc) is 2.85. The number of carbonyl (C=O) groups excluding carboxylic acids is 2. The van der Waals surface area contributed by atoms with Gasteiger partial charge in [-0.25, -0.2) is 4.79 Å². The maximum atomic E-state index is 12.5. The average molecular weight is 296 g/mol. The molecule has 2 rings (SSSR count). The van der Waals surface area contributed by atoms with Crippen molar-refractivity contribution in [3.8, 4) is 0 Å². The molecule has 20 heavy (non-hydrogen) atoms. The zero-order chi connectivity index (χ0) is 15.1. The van der Waals surface area contributed by atoms with Crippen molar-refractivity contribution in [3.63, 3.8) is 0 Å². The molecule has 2 heterocycles. The Morgan fingerprint density at radius 3 is 2.40 bits per heavy atom. The summed E-state index contributed by atoms with van der Waals surface area (Å²) in [6.45, 7) is 4.32. The molecule has 0 aliphatic carbocycles. The summed E-state index contributed by atoms with van der Waals surface area (Å²) in [5, 5.41) is 8.89. The number of rotatable bonds is 2. The van der Waals surface area contributed by atoms with Gasteiger partial charge in [0.2, 0.25) is 5.91 Å². The highest BCUT2D eigenvalue weighted by Gasteiger charge is 2.43. The van der Waals surface area contributed by atoms with E-state index in [4.69, 9.17) is 5.11 Å². The Bertz CT molecular complexity index is 579. The summed E-state index contributed by atoms with van der Waals surface area (Å²) in [5.41, 5.74) is -0.919. The van der Waals surface area contributed by atoms with Gasteiger partial charge in [0.25, 0.3) is 5.91 Å². The number of aromatic carboxylic acids is 1. The van der Waals surface area contributed by atoms with Crippen LogP contribution in [0.4, 0.5) is 0 Å². The summed E-state index contributed by atoms with van der Waals surface area (Å²) in [5.74, 6) is -1.47. The van der Waals surface area contributed by atoms with Crippen LogP contribution in [-0.4, -0.2) is 58.4 Å². The molecule has 1 aromatic rings. The van der Waals surface area contributed by atoms with E-state index in [1.165, 1.54) is 17.0 Å². The number of hydrogen-bond acceptors (Lipinski definition) is 4. The fourth-order valence-electron chi connectivity index (χ4n) is 2.27. The molecule has 108 valence electrons. The maximum Gasteiger partial charge on any atom is 0.345 e. The lowest BCUT2D eigenvalue weighted by molar-refractivity contribution is -0.144. The van der Waals surface area contributed by atoms with E-state index in [1.807, 2.05) is 0 Å². The van der Waals surface area contributed by atoms with Gasteiger partial charge in [-0.2, -0.15) is 0 Å². The Kier molecular flexibility index (Phi) is 3.56. The number of hydrogen-bond donors (Lipinski definition) is 1. The largest absolute Gasteiger partial charge is 0.477 e. The third kappa shape index (κ3) is 2.29. The molecule has 7 heteroatoms. The molecule has 2 amide bonds. The molecule has 1 N–H and O–H groups in total. The first-order chi connectivity index (χ1) is 9.25. The summed E-state index contributed by atoms with van der Waals surface area (Å²) < 4.78 is 0. The fraction of sp³-hybridized carbons (Fsp3) is 0.462. The number of carboxylic acids is 1. The summed E-state index contributed by atoms with van der Waals surface area (Å²) in [6, 6.07) is 2.90. The van der Waals surface area contributed by atoms with Gasteiger partial charge in [0.1, 0.15) is 10.4 Å². The van der Waals surface area contributed by atoms with Gasteiger partial charge in [-0.05, 0) is 26.0 Å². The molecule has 0 bridgehead atoms. The molecule has 6 nitrogen and oxygen atoms in total. The van der Waals surface area contributed by atoms with Gasteiger partial charge < -0.3 is 14.9 Å². The molecule has 0 atom stereocenters. The molecule has 0 unspecified atom stereocenters. The van der Waals surface area contributed by atoms with Crippen LogP contribution in [0.15, 0.2) is 12.1 Å².